The number of carboxylic acids is 1. The molecule has 0 unspecified atom stereocenters. The van der Waals surface area contributed by atoms with Crippen molar-refractivity contribution >= 4 is 23.7 Å². The van der Waals surface area contributed by atoms with Crippen molar-refractivity contribution in [1.29, 1.82) is 0 Å². The molecule has 0 spiro atoms. The lowest BCUT2D eigenvalue weighted by Crippen LogP contribution is -2.47. The maximum atomic E-state index is 12.3. The van der Waals surface area contributed by atoms with Crippen molar-refractivity contribution in [3.63, 3.8) is 0 Å². The first-order chi connectivity index (χ1) is 12.0. The SMILES string of the molecule is Cc1cc(C2(CCC(=O)O)CCN(C(=O)OC(C)(C)C)CC2)ccc1Cl. The maximum absolute atomic E-state index is 12.3. The third kappa shape index (κ3) is 5.13. The molecule has 0 radical (unpaired) electrons. The quantitative estimate of drug-likeness (QED) is 0.814. The minimum atomic E-state index is -0.801. The van der Waals surface area contributed by atoms with E-state index in [0.29, 0.717) is 37.4 Å². The van der Waals surface area contributed by atoms with Crippen LogP contribution in [0.2, 0.25) is 5.02 Å². The molecule has 0 aliphatic carbocycles. The topological polar surface area (TPSA) is 66.8 Å². The third-order valence-corrected chi connectivity index (χ3v) is 5.38. The second kappa shape index (κ2) is 7.87. The fourth-order valence-corrected chi connectivity index (χ4v) is 3.57. The number of benzene rings is 1. The van der Waals surface area contributed by atoms with E-state index >= 15 is 0 Å². The van der Waals surface area contributed by atoms with Crippen LogP contribution in [0.15, 0.2) is 18.2 Å². The number of carbonyl (C=O) groups excluding carboxylic acids is 1. The molecule has 1 aliphatic rings. The Bertz CT molecular complexity index is 673. The fourth-order valence-electron chi connectivity index (χ4n) is 3.45. The van der Waals surface area contributed by atoms with Gasteiger partial charge in [-0.1, -0.05) is 23.7 Å². The highest BCUT2D eigenvalue weighted by atomic mass is 35.5. The van der Waals surface area contributed by atoms with Crippen LogP contribution in [0.25, 0.3) is 0 Å². The Balaban J connectivity index is 2.19. The first-order valence-electron chi connectivity index (χ1n) is 8.99. The number of carbonyl (C=O) groups is 2. The number of rotatable bonds is 4. The van der Waals surface area contributed by atoms with Gasteiger partial charge in [-0.05, 0) is 69.6 Å². The molecule has 0 atom stereocenters. The van der Waals surface area contributed by atoms with E-state index in [-0.39, 0.29) is 17.9 Å². The maximum Gasteiger partial charge on any atom is 0.410 e. The summed E-state index contributed by atoms with van der Waals surface area (Å²) in [5, 5.41) is 9.87. The van der Waals surface area contributed by atoms with Crippen molar-refractivity contribution < 1.29 is 19.4 Å². The van der Waals surface area contributed by atoms with Crippen LogP contribution >= 0.6 is 11.6 Å². The molecule has 1 saturated heterocycles. The smallest absolute Gasteiger partial charge is 0.410 e. The molecule has 0 saturated carbocycles. The molecular weight excluding hydrogens is 354 g/mol. The van der Waals surface area contributed by atoms with Crippen LogP contribution in [-0.4, -0.2) is 40.8 Å². The molecular formula is C20H28ClNO4. The number of hydrogen-bond acceptors (Lipinski definition) is 3. The largest absolute Gasteiger partial charge is 0.481 e. The van der Waals surface area contributed by atoms with E-state index in [1.807, 2.05) is 45.9 Å². The van der Waals surface area contributed by atoms with Crippen molar-refractivity contribution in [1.82, 2.24) is 4.90 Å². The number of likely N-dealkylation sites (tertiary alicyclic amines) is 1. The number of nitrogens with zero attached hydrogens (tertiary/aromatic N) is 1. The summed E-state index contributed by atoms with van der Waals surface area (Å²) in [5.41, 5.74) is 1.30. The number of halogens is 1. The minimum absolute atomic E-state index is 0.105. The number of hydrogen-bond donors (Lipinski definition) is 1. The highest BCUT2D eigenvalue weighted by Crippen LogP contribution is 2.41. The second-order valence-corrected chi connectivity index (χ2v) is 8.51. The second-order valence-electron chi connectivity index (χ2n) is 8.11. The van der Waals surface area contributed by atoms with E-state index in [1.54, 1.807) is 4.90 Å². The molecule has 1 aromatic rings. The highest BCUT2D eigenvalue weighted by molar-refractivity contribution is 6.31. The summed E-state index contributed by atoms with van der Waals surface area (Å²) in [6, 6.07) is 5.91. The molecule has 6 heteroatoms. The van der Waals surface area contributed by atoms with Crippen LogP contribution < -0.4 is 0 Å². The van der Waals surface area contributed by atoms with Gasteiger partial charge >= 0.3 is 12.1 Å². The first kappa shape index (κ1) is 20.6. The predicted molar refractivity (Wildman–Crippen MR) is 102 cm³/mol. The number of carboxylic acid groups (broad SMARTS) is 1. The van der Waals surface area contributed by atoms with Gasteiger partial charge in [0.15, 0.2) is 0 Å². The Hall–Kier alpha value is -1.75. The molecule has 144 valence electrons. The van der Waals surface area contributed by atoms with E-state index < -0.39 is 11.6 Å². The average Bonchev–Trinajstić information content (AvgIpc) is 2.54. The Morgan fingerprint density at radius 1 is 1.27 bits per heavy atom. The van der Waals surface area contributed by atoms with Gasteiger partial charge in [0.2, 0.25) is 0 Å². The number of piperidine rings is 1. The summed E-state index contributed by atoms with van der Waals surface area (Å²) in [7, 11) is 0. The summed E-state index contributed by atoms with van der Waals surface area (Å²) >= 11 is 6.16. The molecule has 1 N–H and O–H groups in total. The molecule has 1 amide bonds. The monoisotopic (exact) mass is 381 g/mol. The van der Waals surface area contributed by atoms with Crippen LogP contribution in [-0.2, 0) is 14.9 Å². The Morgan fingerprint density at radius 3 is 2.38 bits per heavy atom. The lowest BCUT2D eigenvalue weighted by Gasteiger charge is -2.42. The zero-order valence-electron chi connectivity index (χ0n) is 16.0. The lowest BCUT2D eigenvalue weighted by atomic mass is 9.69. The van der Waals surface area contributed by atoms with Crippen LogP contribution in [0, 0.1) is 6.92 Å². The highest BCUT2D eigenvalue weighted by Gasteiger charge is 2.38. The predicted octanol–water partition coefficient (Wildman–Crippen LogP) is 4.78. The third-order valence-electron chi connectivity index (χ3n) is 4.96. The zero-order chi connectivity index (χ0) is 19.5. The molecule has 1 fully saturated rings. The van der Waals surface area contributed by atoms with Gasteiger partial charge in [-0.15, -0.1) is 0 Å². The average molecular weight is 382 g/mol. The molecule has 0 bridgehead atoms. The Morgan fingerprint density at radius 2 is 1.88 bits per heavy atom. The van der Waals surface area contributed by atoms with E-state index in [2.05, 4.69) is 0 Å². The van der Waals surface area contributed by atoms with Gasteiger partial charge in [-0.25, -0.2) is 4.79 Å². The number of aryl methyl sites for hydroxylation is 1. The van der Waals surface area contributed by atoms with Gasteiger partial charge in [0.25, 0.3) is 0 Å². The standard InChI is InChI=1S/C20H28ClNO4/c1-14-13-15(5-6-16(14)21)20(8-7-17(23)24)9-11-22(12-10-20)18(25)26-19(2,3)4/h5-6,13H,7-12H2,1-4H3,(H,23,24). The summed E-state index contributed by atoms with van der Waals surface area (Å²) in [6.07, 6.45) is 1.76. The van der Waals surface area contributed by atoms with Gasteiger partial charge < -0.3 is 14.7 Å². The first-order valence-corrected chi connectivity index (χ1v) is 9.37. The van der Waals surface area contributed by atoms with Crippen molar-refractivity contribution in [2.45, 2.75) is 64.4 Å². The molecule has 1 aliphatic heterocycles. The van der Waals surface area contributed by atoms with Gasteiger partial charge in [-0.3, -0.25) is 4.79 Å². The molecule has 5 nitrogen and oxygen atoms in total. The van der Waals surface area contributed by atoms with Gasteiger partial charge in [-0.2, -0.15) is 0 Å². The Labute approximate surface area is 160 Å². The molecule has 2 rings (SSSR count). The van der Waals surface area contributed by atoms with Crippen LogP contribution in [0.4, 0.5) is 4.79 Å². The molecule has 1 aromatic carbocycles. The van der Waals surface area contributed by atoms with Crippen molar-refractivity contribution in [2.75, 3.05) is 13.1 Å². The van der Waals surface area contributed by atoms with Crippen LogP contribution in [0.5, 0.6) is 0 Å². The van der Waals surface area contributed by atoms with Gasteiger partial charge in [0.05, 0.1) is 0 Å². The molecule has 0 aromatic heterocycles. The summed E-state index contributed by atoms with van der Waals surface area (Å²) in [6.45, 7) is 8.60. The van der Waals surface area contributed by atoms with Crippen molar-refractivity contribution in [3.05, 3.63) is 34.3 Å². The number of ether oxygens (including phenoxy) is 1. The van der Waals surface area contributed by atoms with Crippen molar-refractivity contribution in [2.24, 2.45) is 0 Å². The Kier molecular flexibility index (Phi) is 6.22. The zero-order valence-corrected chi connectivity index (χ0v) is 16.7. The lowest BCUT2D eigenvalue weighted by molar-refractivity contribution is -0.137. The van der Waals surface area contributed by atoms with E-state index in [0.717, 1.165) is 11.1 Å². The minimum Gasteiger partial charge on any atom is -0.481 e. The van der Waals surface area contributed by atoms with E-state index in [1.165, 1.54) is 0 Å². The van der Waals surface area contributed by atoms with Crippen LogP contribution in [0.3, 0.4) is 0 Å². The number of aliphatic carboxylic acids is 1. The summed E-state index contributed by atoms with van der Waals surface area (Å²) in [5.74, 6) is -0.801. The van der Waals surface area contributed by atoms with E-state index in [9.17, 15) is 9.59 Å². The van der Waals surface area contributed by atoms with E-state index in [4.69, 9.17) is 21.4 Å². The van der Waals surface area contributed by atoms with Crippen LogP contribution in [0.1, 0.15) is 57.6 Å². The summed E-state index contributed by atoms with van der Waals surface area (Å²) < 4.78 is 5.46. The van der Waals surface area contributed by atoms with Gasteiger partial charge in [0, 0.05) is 24.5 Å². The molecule has 26 heavy (non-hydrogen) atoms. The normalized spacial score (nSPS) is 17.0. The number of amides is 1. The van der Waals surface area contributed by atoms with Crippen molar-refractivity contribution in [3.8, 4) is 0 Å². The molecule has 1 heterocycles. The summed E-state index contributed by atoms with van der Waals surface area (Å²) in [4.78, 5) is 25.2. The van der Waals surface area contributed by atoms with Gasteiger partial charge in [0.1, 0.15) is 5.60 Å². The fraction of sp³-hybridized carbons (Fsp3) is 0.600.